The Morgan fingerprint density at radius 3 is 2.56 bits per heavy atom. The van der Waals surface area contributed by atoms with Gasteiger partial charge in [0, 0.05) is 48.6 Å². The molecule has 5 aromatic rings. The van der Waals surface area contributed by atoms with Crippen molar-refractivity contribution in [2.45, 2.75) is 38.1 Å². The Morgan fingerprint density at radius 1 is 1.09 bits per heavy atom. The maximum atomic E-state index is 14.0. The minimum absolute atomic E-state index is 0.00250. The lowest BCUT2D eigenvalue weighted by atomic mass is 9.95. The van der Waals surface area contributed by atoms with Gasteiger partial charge in [0.25, 0.3) is 16.0 Å². The van der Waals surface area contributed by atoms with Crippen molar-refractivity contribution in [3.05, 3.63) is 94.9 Å². The number of aryl methyl sites for hydroxylation is 2. The molecule has 222 valence electrons. The Hall–Kier alpha value is -4.42. The Labute approximate surface area is 247 Å². The van der Waals surface area contributed by atoms with Crippen LogP contribution in [0.3, 0.4) is 0 Å². The van der Waals surface area contributed by atoms with E-state index >= 15 is 0 Å². The van der Waals surface area contributed by atoms with Gasteiger partial charge in [0.1, 0.15) is 22.2 Å². The third kappa shape index (κ3) is 4.90. The highest BCUT2D eigenvalue weighted by molar-refractivity contribution is 7.86. The normalized spacial score (nSPS) is 15.2. The van der Waals surface area contributed by atoms with Crippen LogP contribution in [0.4, 0.5) is 8.78 Å². The average Bonchev–Trinajstić information content (AvgIpc) is 3.53. The number of rotatable bonds is 6. The summed E-state index contributed by atoms with van der Waals surface area (Å²) < 4.78 is 62.2. The van der Waals surface area contributed by atoms with Gasteiger partial charge in [-0.05, 0) is 69.2 Å². The second-order valence-electron chi connectivity index (χ2n) is 10.5. The highest BCUT2D eigenvalue weighted by atomic mass is 32.2. The fourth-order valence-electron chi connectivity index (χ4n) is 5.89. The first kappa shape index (κ1) is 28.7. The molecular formula is C31H29F2N5O4S. The summed E-state index contributed by atoms with van der Waals surface area (Å²) in [6.45, 7) is 5.69. The van der Waals surface area contributed by atoms with Gasteiger partial charge in [-0.3, -0.25) is 18.2 Å². The van der Waals surface area contributed by atoms with E-state index < -0.39 is 27.8 Å². The van der Waals surface area contributed by atoms with Gasteiger partial charge in [0.15, 0.2) is 0 Å². The summed E-state index contributed by atoms with van der Waals surface area (Å²) in [6.07, 6.45) is 3.66. The molecule has 1 aliphatic rings. The van der Waals surface area contributed by atoms with Crippen molar-refractivity contribution in [3.63, 3.8) is 0 Å². The Balaban J connectivity index is 1.38. The van der Waals surface area contributed by atoms with Crippen LogP contribution in [-0.4, -0.2) is 51.7 Å². The van der Waals surface area contributed by atoms with Gasteiger partial charge in [-0.1, -0.05) is 6.07 Å². The Kier molecular flexibility index (Phi) is 7.13. The number of carbonyl (C=O) groups is 1. The molecule has 3 aromatic heterocycles. The lowest BCUT2D eigenvalue weighted by molar-refractivity contribution is 0.0675. The van der Waals surface area contributed by atoms with Crippen LogP contribution >= 0.6 is 0 Å². The number of pyridine rings is 1. The third-order valence-electron chi connectivity index (χ3n) is 7.77. The average molecular weight is 606 g/mol. The number of fused-ring (bicyclic) bond motifs is 2. The summed E-state index contributed by atoms with van der Waals surface area (Å²) in [5, 5.41) is 5.21. The van der Waals surface area contributed by atoms with Gasteiger partial charge in [0.05, 0.1) is 35.3 Å². The van der Waals surface area contributed by atoms with Crippen LogP contribution in [-0.2, 0) is 27.8 Å². The number of benzene rings is 2. The lowest BCUT2D eigenvalue weighted by Crippen LogP contribution is -2.39. The fraction of sp³-hybridized carbons (Fsp3) is 0.258. The Morgan fingerprint density at radius 2 is 1.84 bits per heavy atom. The molecule has 1 aliphatic heterocycles. The first-order chi connectivity index (χ1) is 20.5. The number of hydrogen-bond donors (Lipinski definition) is 0. The molecule has 0 saturated carbocycles. The fourth-order valence-corrected chi connectivity index (χ4v) is 6.98. The smallest absolute Gasteiger partial charge is 0.299 e. The van der Waals surface area contributed by atoms with Crippen molar-refractivity contribution in [2.24, 2.45) is 7.05 Å². The molecule has 0 saturated heterocycles. The Bertz CT molecular complexity index is 2000. The van der Waals surface area contributed by atoms with Gasteiger partial charge in [-0.2, -0.15) is 13.5 Å². The van der Waals surface area contributed by atoms with Crippen LogP contribution in [0, 0.1) is 18.6 Å². The topological polar surface area (TPSA) is 99.3 Å². The molecule has 1 atom stereocenters. The number of halogens is 2. The number of hydrogen-bond acceptors (Lipinski definition) is 6. The van der Waals surface area contributed by atoms with Crippen LogP contribution in [0.5, 0.6) is 0 Å². The first-order valence-electron chi connectivity index (χ1n) is 13.8. The molecule has 9 nitrogen and oxygen atoms in total. The van der Waals surface area contributed by atoms with E-state index in [1.807, 2.05) is 13.8 Å². The molecule has 6 rings (SSSR count). The highest BCUT2D eigenvalue weighted by Gasteiger charge is 2.34. The van der Waals surface area contributed by atoms with Crippen molar-refractivity contribution < 1.29 is 26.2 Å². The van der Waals surface area contributed by atoms with Crippen LogP contribution in [0.1, 0.15) is 47.1 Å². The molecule has 0 fully saturated rings. The van der Waals surface area contributed by atoms with E-state index in [-0.39, 0.29) is 17.4 Å². The predicted molar refractivity (Wildman–Crippen MR) is 156 cm³/mol. The van der Waals surface area contributed by atoms with Gasteiger partial charge in [0.2, 0.25) is 0 Å². The number of aromatic nitrogens is 4. The number of nitrogens with zero attached hydrogens (tertiary/aromatic N) is 5. The maximum absolute atomic E-state index is 14.0. The van der Waals surface area contributed by atoms with Crippen molar-refractivity contribution in [1.82, 2.24) is 24.2 Å². The summed E-state index contributed by atoms with van der Waals surface area (Å²) >= 11 is 0. The van der Waals surface area contributed by atoms with Crippen LogP contribution in [0.15, 0.2) is 65.8 Å². The standard InChI is InChI=1S/C31H29F2N5O4S/c1-5-42-43(40,41)27-7-6-18(2)14-26(27)38-13-9-23-24(8-11-34-30(23)38)31(39)37-12-10-25-28(19(37)3)35-36(4)29(25)20-15-21(32)17-22(33)16-20/h6-9,11,13-17,19H,5,10,12H2,1-4H3/t19-/m0/s1. The van der Waals surface area contributed by atoms with Crippen molar-refractivity contribution >= 4 is 27.1 Å². The summed E-state index contributed by atoms with van der Waals surface area (Å²) in [6, 6.07) is 11.3. The molecule has 0 spiro atoms. The molecule has 0 bridgehead atoms. The lowest BCUT2D eigenvalue weighted by Gasteiger charge is -2.33. The van der Waals surface area contributed by atoms with E-state index in [1.165, 1.54) is 24.4 Å². The van der Waals surface area contributed by atoms with Crippen LogP contribution < -0.4 is 0 Å². The molecule has 12 heteroatoms. The van der Waals surface area contributed by atoms with Gasteiger partial charge in [-0.25, -0.2) is 13.8 Å². The first-order valence-corrected chi connectivity index (χ1v) is 15.2. The van der Waals surface area contributed by atoms with E-state index in [9.17, 15) is 22.0 Å². The van der Waals surface area contributed by atoms with E-state index in [2.05, 4.69) is 10.1 Å². The summed E-state index contributed by atoms with van der Waals surface area (Å²) in [4.78, 5) is 20.3. The monoisotopic (exact) mass is 605 g/mol. The summed E-state index contributed by atoms with van der Waals surface area (Å²) in [5.74, 6) is -1.58. The molecule has 0 aliphatic carbocycles. The SMILES string of the molecule is CCOS(=O)(=O)c1ccc(C)cc1-n1ccc2c(C(=O)N3CCc4c(nn(C)c4-c4cc(F)cc(F)c4)[C@@H]3C)ccnc21. The zero-order valence-corrected chi connectivity index (χ0v) is 24.8. The number of carbonyl (C=O) groups excluding carboxylic acids is 1. The predicted octanol–water partition coefficient (Wildman–Crippen LogP) is 5.50. The molecule has 0 N–H and O–H groups in total. The number of amides is 1. The quantitative estimate of drug-likeness (QED) is 0.237. The van der Waals surface area contributed by atoms with E-state index in [4.69, 9.17) is 4.18 Å². The highest BCUT2D eigenvalue weighted by Crippen LogP contribution is 2.37. The molecule has 0 unspecified atom stereocenters. The maximum Gasteiger partial charge on any atom is 0.299 e. The van der Waals surface area contributed by atoms with E-state index in [0.717, 1.165) is 17.2 Å². The molecule has 1 amide bonds. The third-order valence-corrected chi connectivity index (χ3v) is 9.20. The largest absolute Gasteiger partial charge is 0.330 e. The van der Waals surface area contributed by atoms with Gasteiger partial charge in [-0.15, -0.1) is 0 Å². The van der Waals surface area contributed by atoms with Crippen molar-refractivity contribution in [3.8, 4) is 16.9 Å². The molecular weight excluding hydrogens is 576 g/mol. The van der Waals surface area contributed by atoms with E-state index in [0.29, 0.717) is 52.2 Å². The zero-order valence-electron chi connectivity index (χ0n) is 24.0. The summed E-state index contributed by atoms with van der Waals surface area (Å²) in [7, 11) is -2.31. The molecule has 2 aromatic carbocycles. The minimum atomic E-state index is -4.03. The van der Waals surface area contributed by atoms with Gasteiger partial charge >= 0.3 is 0 Å². The van der Waals surface area contributed by atoms with Gasteiger partial charge < -0.3 is 4.90 Å². The molecule has 4 heterocycles. The van der Waals surface area contributed by atoms with Crippen LogP contribution in [0.25, 0.3) is 28.0 Å². The van der Waals surface area contributed by atoms with Crippen molar-refractivity contribution in [2.75, 3.05) is 13.2 Å². The second-order valence-corrected chi connectivity index (χ2v) is 12.1. The zero-order chi connectivity index (χ0) is 30.6. The molecule has 43 heavy (non-hydrogen) atoms. The van der Waals surface area contributed by atoms with Crippen molar-refractivity contribution in [1.29, 1.82) is 0 Å². The second kappa shape index (κ2) is 10.7. The van der Waals surface area contributed by atoms with Crippen LogP contribution in [0.2, 0.25) is 0 Å². The molecule has 0 radical (unpaired) electrons. The summed E-state index contributed by atoms with van der Waals surface area (Å²) in [5.41, 5.74) is 4.55. The van der Waals surface area contributed by atoms with E-state index in [1.54, 1.807) is 58.6 Å². The minimum Gasteiger partial charge on any atom is -0.330 e.